The van der Waals surface area contributed by atoms with E-state index < -0.39 is 0 Å². The van der Waals surface area contributed by atoms with Crippen LogP contribution in [-0.4, -0.2) is 28.9 Å². The van der Waals surface area contributed by atoms with Crippen LogP contribution in [0.3, 0.4) is 0 Å². The number of carbonyl (C=O) groups is 5. The van der Waals surface area contributed by atoms with Crippen LogP contribution in [0.15, 0.2) is 0 Å². The average molecular weight is 521 g/mol. The highest BCUT2D eigenvalue weighted by atomic mass is 16.1. The lowest BCUT2D eigenvalue weighted by atomic mass is 10.4. The van der Waals surface area contributed by atoms with E-state index in [1.165, 1.54) is 0 Å². The van der Waals surface area contributed by atoms with Crippen LogP contribution in [-0.2, 0) is 24.0 Å². The molecule has 0 rings (SSSR count). The molecule has 0 aliphatic heterocycles. The largest absolute Gasteiger partial charge is 0.300 e. The van der Waals surface area contributed by atoms with E-state index in [9.17, 15) is 24.0 Å². The molecule has 0 saturated carbocycles. The molecule has 5 nitrogen and oxygen atoms in total. The minimum atomic E-state index is 0. The summed E-state index contributed by atoms with van der Waals surface area (Å²) in [7, 11) is 0. The minimum Gasteiger partial charge on any atom is -0.300 e. The highest BCUT2D eigenvalue weighted by molar-refractivity contribution is 5.76. The topological polar surface area (TPSA) is 85.3 Å². The molecule has 0 aliphatic rings. The Labute approximate surface area is 228 Å². The molecular formula is C30H80O5. The van der Waals surface area contributed by atoms with E-state index in [-0.39, 0.29) is 103 Å². The molecule has 0 bridgehead atoms. The molecule has 0 spiro atoms. The Morgan fingerprint density at radius 3 is 0.314 bits per heavy atom. The summed E-state index contributed by atoms with van der Waals surface area (Å²) < 4.78 is 0. The van der Waals surface area contributed by atoms with Gasteiger partial charge in [-0.1, -0.05) is 109 Å². The molecule has 0 amide bonds. The Morgan fingerprint density at radius 1 is 0.286 bits per heavy atom. The van der Waals surface area contributed by atoms with Crippen LogP contribution in [0.2, 0.25) is 0 Å². The Hall–Kier alpha value is -1.65. The average Bonchev–Trinajstić information content (AvgIpc) is 2.56. The maximum atomic E-state index is 9.81. The fourth-order valence-corrected chi connectivity index (χ4v) is 0. The van der Waals surface area contributed by atoms with Gasteiger partial charge in [-0.25, -0.2) is 0 Å². The van der Waals surface area contributed by atoms with Crippen molar-refractivity contribution in [2.24, 2.45) is 0 Å². The molecule has 0 aromatic carbocycles. The molecule has 0 fully saturated rings. The fraction of sp³-hybridized carbons (Fsp3) is 0.833. The van der Waals surface area contributed by atoms with Crippen LogP contribution in [0.4, 0.5) is 0 Å². The maximum absolute atomic E-state index is 9.81. The van der Waals surface area contributed by atoms with Crippen molar-refractivity contribution in [2.45, 2.75) is 176 Å². The summed E-state index contributed by atoms with van der Waals surface area (Å²) >= 11 is 0. The lowest BCUT2D eigenvalue weighted by molar-refractivity contribution is -0.117. The third-order valence-corrected chi connectivity index (χ3v) is 2.49. The number of hydrogen-bond acceptors (Lipinski definition) is 5. The van der Waals surface area contributed by atoms with Gasteiger partial charge < -0.3 is 24.0 Å². The number of ketones is 5. The summed E-state index contributed by atoms with van der Waals surface area (Å²) in [6.45, 7) is 17.2. The van der Waals surface area contributed by atoms with Crippen molar-refractivity contribution < 1.29 is 24.0 Å². The highest BCUT2D eigenvalue weighted by Crippen LogP contribution is 1.73. The molecule has 0 unspecified atom stereocenters. The molecular weight excluding hydrogens is 440 g/mol. The molecule has 0 aromatic rings. The summed E-state index contributed by atoms with van der Waals surface area (Å²) in [6.07, 6.45) is 3.33. The SMILES string of the molecule is C.C.C.C.C.C.C.C.C.C.CCC(C)=O.CCC(C)=O.CCC(C)=O.CCC(C)=O.CCC(C)=O. The first-order valence-corrected chi connectivity index (χ1v) is 8.82. The van der Waals surface area contributed by atoms with Crippen LogP contribution in [0, 0.1) is 0 Å². The number of Topliss-reactive ketones (excluding diaryl/α,β-unsaturated/α-hetero) is 5. The van der Waals surface area contributed by atoms with Crippen LogP contribution < -0.4 is 0 Å². The summed E-state index contributed by atoms with van der Waals surface area (Å²) in [5.41, 5.74) is 0. The van der Waals surface area contributed by atoms with Crippen molar-refractivity contribution in [1.82, 2.24) is 0 Å². The molecule has 230 valence electrons. The first-order chi connectivity index (χ1) is 11.4. The first kappa shape index (κ1) is 104. The lowest BCUT2D eigenvalue weighted by Crippen LogP contribution is -1.80. The van der Waals surface area contributed by atoms with Gasteiger partial charge in [0.25, 0.3) is 0 Å². The molecule has 0 heterocycles. The van der Waals surface area contributed by atoms with E-state index in [0.717, 1.165) is 0 Å². The first-order valence-electron chi connectivity index (χ1n) is 8.82. The second kappa shape index (κ2) is 94.4. The van der Waals surface area contributed by atoms with Gasteiger partial charge in [0.1, 0.15) is 28.9 Å². The van der Waals surface area contributed by atoms with Gasteiger partial charge in [0.05, 0.1) is 0 Å². The predicted octanol–water partition coefficient (Wildman–Crippen LogP) is 11.3. The smallest absolute Gasteiger partial charge is 0.129 e. The Kier molecular flexibility index (Phi) is 280. The Bertz CT molecular complexity index is 278. The van der Waals surface area contributed by atoms with E-state index >= 15 is 0 Å². The Balaban J connectivity index is -0.0000000103. The summed E-state index contributed by atoms with van der Waals surface area (Å²) in [6, 6.07) is 0. The van der Waals surface area contributed by atoms with Crippen LogP contribution in [0.1, 0.15) is 176 Å². The van der Waals surface area contributed by atoms with Crippen LogP contribution in [0.5, 0.6) is 0 Å². The molecule has 5 heteroatoms. The summed E-state index contributed by atoms with van der Waals surface area (Å²) in [5.74, 6) is 1.27. The fourth-order valence-electron chi connectivity index (χ4n) is 0. The van der Waals surface area contributed by atoms with E-state index in [1.54, 1.807) is 34.6 Å². The van der Waals surface area contributed by atoms with Gasteiger partial charge in [0, 0.05) is 32.1 Å². The third-order valence-electron chi connectivity index (χ3n) is 2.49. The Morgan fingerprint density at radius 2 is 0.314 bits per heavy atom. The van der Waals surface area contributed by atoms with E-state index in [0.29, 0.717) is 32.1 Å². The van der Waals surface area contributed by atoms with Gasteiger partial charge >= 0.3 is 0 Å². The van der Waals surface area contributed by atoms with E-state index in [2.05, 4.69) is 0 Å². The van der Waals surface area contributed by atoms with Gasteiger partial charge in [-0.2, -0.15) is 0 Å². The molecule has 0 atom stereocenters. The zero-order valence-corrected chi connectivity index (χ0v) is 18.1. The van der Waals surface area contributed by atoms with Crippen molar-refractivity contribution in [3.63, 3.8) is 0 Å². The van der Waals surface area contributed by atoms with Crippen molar-refractivity contribution in [2.75, 3.05) is 0 Å². The monoisotopic (exact) mass is 521 g/mol. The summed E-state index contributed by atoms with van der Waals surface area (Å²) in [4.78, 5) is 49.1. The quantitative estimate of drug-likeness (QED) is 0.359. The predicted molar refractivity (Wildman–Crippen MR) is 172 cm³/mol. The normalized spacial score (nSPS) is 5.43. The molecule has 35 heavy (non-hydrogen) atoms. The third kappa shape index (κ3) is 427. The van der Waals surface area contributed by atoms with E-state index in [1.807, 2.05) is 34.6 Å². The molecule has 0 aromatic heterocycles. The van der Waals surface area contributed by atoms with Gasteiger partial charge in [-0.05, 0) is 34.6 Å². The lowest BCUT2D eigenvalue weighted by Gasteiger charge is -1.71. The minimum absolute atomic E-state index is 0. The van der Waals surface area contributed by atoms with Crippen molar-refractivity contribution in [1.29, 1.82) is 0 Å². The molecule has 0 N–H and O–H groups in total. The van der Waals surface area contributed by atoms with E-state index in [4.69, 9.17) is 0 Å². The second-order valence-electron chi connectivity index (χ2n) is 5.28. The van der Waals surface area contributed by atoms with Crippen molar-refractivity contribution >= 4 is 28.9 Å². The number of carbonyl (C=O) groups excluding carboxylic acids is 5. The van der Waals surface area contributed by atoms with Crippen molar-refractivity contribution in [3.8, 4) is 0 Å². The van der Waals surface area contributed by atoms with Gasteiger partial charge in [0.2, 0.25) is 0 Å². The van der Waals surface area contributed by atoms with Gasteiger partial charge in [-0.3, -0.25) is 0 Å². The van der Waals surface area contributed by atoms with Gasteiger partial charge in [0.15, 0.2) is 0 Å². The maximum Gasteiger partial charge on any atom is 0.129 e. The second-order valence-corrected chi connectivity index (χ2v) is 5.28. The number of rotatable bonds is 5. The number of hydrogen-bond donors (Lipinski definition) is 0. The zero-order chi connectivity index (χ0) is 21.4. The van der Waals surface area contributed by atoms with Crippen molar-refractivity contribution in [3.05, 3.63) is 0 Å². The molecule has 0 radical (unpaired) electrons. The summed E-state index contributed by atoms with van der Waals surface area (Å²) in [5, 5.41) is 0. The van der Waals surface area contributed by atoms with Crippen LogP contribution in [0.25, 0.3) is 0 Å². The van der Waals surface area contributed by atoms with Gasteiger partial charge in [-0.15, -0.1) is 0 Å². The van der Waals surface area contributed by atoms with Crippen LogP contribution >= 0.6 is 0 Å². The zero-order valence-electron chi connectivity index (χ0n) is 18.1. The molecule has 0 saturated heterocycles. The molecule has 0 aliphatic carbocycles. The highest BCUT2D eigenvalue weighted by Gasteiger charge is 1.78. The standard InChI is InChI=1S/5C4H8O.10CH4/c5*1-3-4(2)5;;;;;;;;;;/h5*3H2,1-2H3;10*1H4.